The first-order valence-electron chi connectivity index (χ1n) is 4.54. The number of halogens is 1. The Morgan fingerprint density at radius 3 is 3.08 bits per heavy atom. The van der Waals surface area contributed by atoms with Crippen LogP contribution in [0.3, 0.4) is 0 Å². The third-order valence-corrected chi connectivity index (χ3v) is 2.97. The van der Waals surface area contributed by atoms with Crippen LogP contribution in [0.5, 0.6) is 0 Å². The lowest BCUT2D eigenvalue weighted by Gasteiger charge is -2.13. The van der Waals surface area contributed by atoms with Crippen LogP contribution in [0.15, 0.2) is 11.6 Å². The molecule has 4 heteroatoms. The Bertz CT molecular complexity index is 213. The van der Waals surface area contributed by atoms with Crippen LogP contribution in [0.25, 0.3) is 0 Å². The van der Waals surface area contributed by atoms with Gasteiger partial charge in [0.15, 0.2) is 0 Å². The molecule has 1 unspecified atom stereocenters. The van der Waals surface area contributed by atoms with E-state index < -0.39 is 0 Å². The quantitative estimate of drug-likeness (QED) is 0.743. The lowest BCUT2D eigenvalue weighted by Crippen LogP contribution is -2.28. The maximum Gasteiger partial charge on any atom is 0.106 e. The molecule has 0 amide bonds. The third-order valence-electron chi connectivity index (χ3n) is 1.98. The Morgan fingerprint density at radius 2 is 2.54 bits per heavy atom. The Labute approximate surface area is 88.3 Å². The predicted molar refractivity (Wildman–Crippen MR) is 58.4 cm³/mol. The zero-order valence-corrected chi connectivity index (χ0v) is 9.37. The number of thiazole rings is 1. The first kappa shape index (κ1) is 11.0. The lowest BCUT2D eigenvalue weighted by atomic mass is 10.2. The van der Waals surface area contributed by atoms with Crippen LogP contribution in [0, 0.1) is 0 Å². The van der Waals surface area contributed by atoms with Crippen molar-refractivity contribution >= 4 is 22.9 Å². The fourth-order valence-corrected chi connectivity index (χ4v) is 1.98. The molecule has 0 aliphatic carbocycles. The normalized spacial score (nSPS) is 13.1. The summed E-state index contributed by atoms with van der Waals surface area (Å²) in [4.78, 5) is 4.21. The molecule has 0 fully saturated rings. The van der Waals surface area contributed by atoms with Gasteiger partial charge in [-0.1, -0.05) is 6.92 Å². The predicted octanol–water partition coefficient (Wildman–Crippen LogP) is 2.64. The molecule has 1 N–H and O–H groups in total. The van der Waals surface area contributed by atoms with Crippen LogP contribution < -0.4 is 5.32 Å². The van der Waals surface area contributed by atoms with Crippen molar-refractivity contribution in [1.82, 2.24) is 10.3 Å². The molecule has 0 saturated carbocycles. The van der Waals surface area contributed by atoms with E-state index in [1.807, 2.05) is 11.6 Å². The summed E-state index contributed by atoms with van der Waals surface area (Å²) in [5.74, 6) is 0.726. The van der Waals surface area contributed by atoms with Crippen LogP contribution >= 0.6 is 22.9 Å². The minimum atomic E-state index is 0.529. The Hall–Kier alpha value is -0.120. The molecule has 1 heterocycles. The van der Waals surface area contributed by atoms with Gasteiger partial charge in [0.2, 0.25) is 0 Å². The summed E-state index contributed by atoms with van der Waals surface area (Å²) >= 11 is 7.37. The van der Waals surface area contributed by atoms with Crippen molar-refractivity contribution < 1.29 is 0 Å². The van der Waals surface area contributed by atoms with Gasteiger partial charge in [-0.2, -0.15) is 0 Å². The molecule has 0 bridgehead atoms. The second kappa shape index (κ2) is 6.35. The minimum absolute atomic E-state index is 0.529. The van der Waals surface area contributed by atoms with Gasteiger partial charge in [-0.15, -0.1) is 22.9 Å². The van der Waals surface area contributed by atoms with Crippen LogP contribution in [0.1, 0.15) is 24.8 Å². The number of nitrogens with one attached hydrogen (secondary N) is 1. The van der Waals surface area contributed by atoms with Gasteiger partial charge in [-0.25, -0.2) is 4.98 Å². The Balaban J connectivity index is 2.23. The van der Waals surface area contributed by atoms with Gasteiger partial charge in [0.05, 0.1) is 0 Å². The van der Waals surface area contributed by atoms with Crippen molar-refractivity contribution in [3.63, 3.8) is 0 Å². The number of alkyl halides is 1. The summed E-state index contributed by atoms with van der Waals surface area (Å²) in [6.45, 7) is 3.04. The fourth-order valence-electron chi connectivity index (χ4n) is 1.15. The second-order valence-corrected chi connectivity index (χ2v) is 4.25. The van der Waals surface area contributed by atoms with Gasteiger partial charge in [-0.05, 0) is 12.8 Å². The van der Waals surface area contributed by atoms with E-state index >= 15 is 0 Å². The van der Waals surface area contributed by atoms with Crippen LogP contribution in [0.2, 0.25) is 0 Å². The SMILES string of the molecule is CCC(CCCl)NCc1nccs1. The molecule has 2 nitrogen and oxygen atoms in total. The number of hydrogen-bond acceptors (Lipinski definition) is 3. The molecule has 1 aromatic rings. The van der Waals surface area contributed by atoms with Crippen molar-refractivity contribution in [3.05, 3.63) is 16.6 Å². The van der Waals surface area contributed by atoms with Crippen molar-refractivity contribution in [2.45, 2.75) is 32.4 Å². The van der Waals surface area contributed by atoms with Gasteiger partial charge >= 0.3 is 0 Å². The average Bonchev–Trinajstić information content (AvgIpc) is 2.64. The molecule has 0 saturated heterocycles. The summed E-state index contributed by atoms with van der Waals surface area (Å²) in [6.07, 6.45) is 3.99. The first-order chi connectivity index (χ1) is 6.36. The highest BCUT2D eigenvalue weighted by molar-refractivity contribution is 7.09. The highest BCUT2D eigenvalue weighted by Gasteiger charge is 2.04. The van der Waals surface area contributed by atoms with Crippen LogP contribution in [-0.4, -0.2) is 16.9 Å². The summed E-state index contributed by atoms with van der Waals surface area (Å²) < 4.78 is 0. The molecule has 0 spiro atoms. The average molecular weight is 219 g/mol. The van der Waals surface area contributed by atoms with E-state index in [9.17, 15) is 0 Å². The molecule has 1 aromatic heterocycles. The topological polar surface area (TPSA) is 24.9 Å². The van der Waals surface area contributed by atoms with E-state index in [4.69, 9.17) is 11.6 Å². The van der Waals surface area contributed by atoms with E-state index in [0.717, 1.165) is 30.3 Å². The van der Waals surface area contributed by atoms with E-state index in [0.29, 0.717) is 6.04 Å². The third kappa shape index (κ3) is 4.07. The molecule has 13 heavy (non-hydrogen) atoms. The number of aromatic nitrogens is 1. The van der Waals surface area contributed by atoms with Crippen LogP contribution in [-0.2, 0) is 6.54 Å². The van der Waals surface area contributed by atoms with Gasteiger partial charge in [0.1, 0.15) is 5.01 Å². The molecule has 1 atom stereocenters. The molecule has 1 rings (SSSR count). The monoisotopic (exact) mass is 218 g/mol. The van der Waals surface area contributed by atoms with Gasteiger partial charge in [0.25, 0.3) is 0 Å². The van der Waals surface area contributed by atoms with Crippen molar-refractivity contribution in [1.29, 1.82) is 0 Å². The number of rotatable bonds is 6. The number of hydrogen-bond donors (Lipinski definition) is 1. The molecule has 0 aromatic carbocycles. The molecular formula is C9H15ClN2S. The lowest BCUT2D eigenvalue weighted by molar-refractivity contribution is 0.485. The van der Waals surface area contributed by atoms with Crippen molar-refractivity contribution in [3.8, 4) is 0 Å². The summed E-state index contributed by atoms with van der Waals surface area (Å²) in [5, 5.41) is 6.58. The zero-order chi connectivity index (χ0) is 9.52. The van der Waals surface area contributed by atoms with E-state index in [1.54, 1.807) is 11.3 Å². The summed E-state index contributed by atoms with van der Waals surface area (Å²) in [6, 6.07) is 0.529. The van der Waals surface area contributed by atoms with Crippen molar-refractivity contribution in [2.75, 3.05) is 5.88 Å². The molecular weight excluding hydrogens is 204 g/mol. The van der Waals surface area contributed by atoms with E-state index in [-0.39, 0.29) is 0 Å². The maximum absolute atomic E-state index is 5.68. The van der Waals surface area contributed by atoms with Crippen molar-refractivity contribution in [2.24, 2.45) is 0 Å². The van der Waals surface area contributed by atoms with Crippen LogP contribution in [0.4, 0.5) is 0 Å². The summed E-state index contributed by atoms with van der Waals surface area (Å²) in [7, 11) is 0. The minimum Gasteiger partial charge on any atom is -0.308 e. The number of nitrogens with zero attached hydrogens (tertiary/aromatic N) is 1. The first-order valence-corrected chi connectivity index (χ1v) is 5.96. The Morgan fingerprint density at radius 1 is 1.69 bits per heavy atom. The van der Waals surface area contributed by atoms with E-state index in [2.05, 4.69) is 17.2 Å². The second-order valence-electron chi connectivity index (χ2n) is 2.89. The van der Waals surface area contributed by atoms with Gasteiger partial charge in [0, 0.05) is 30.0 Å². The molecule has 0 aliphatic rings. The highest BCUT2D eigenvalue weighted by atomic mass is 35.5. The van der Waals surface area contributed by atoms with Gasteiger partial charge in [-0.3, -0.25) is 0 Å². The molecule has 0 radical (unpaired) electrons. The summed E-state index contributed by atoms with van der Waals surface area (Å²) in [5.41, 5.74) is 0. The fraction of sp³-hybridized carbons (Fsp3) is 0.667. The molecule has 0 aliphatic heterocycles. The molecule has 74 valence electrons. The van der Waals surface area contributed by atoms with Gasteiger partial charge < -0.3 is 5.32 Å². The standard InChI is InChI=1S/C9H15ClN2S/c1-2-8(3-4-10)12-7-9-11-5-6-13-9/h5-6,8,12H,2-4,7H2,1H3. The highest BCUT2D eigenvalue weighted by Crippen LogP contribution is 2.05. The van der Waals surface area contributed by atoms with E-state index in [1.165, 1.54) is 0 Å². The largest absolute Gasteiger partial charge is 0.308 e. The maximum atomic E-state index is 5.68. The Kier molecular flexibility index (Phi) is 5.35. The zero-order valence-electron chi connectivity index (χ0n) is 7.79. The smallest absolute Gasteiger partial charge is 0.106 e.